The Morgan fingerprint density at radius 3 is 1.77 bits per heavy atom. The quantitative estimate of drug-likeness (QED) is 0.679. The highest BCUT2D eigenvalue weighted by Gasteiger charge is 1.79. The molecule has 1 aromatic rings. The van der Waals surface area contributed by atoms with Crippen molar-refractivity contribution < 1.29 is 4.74 Å². The largest absolute Gasteiger partial charge is 0.385 e. The maximum absolute atomic E-state index is 4.54. The molecule has 0 radical (unpaired) electrons. The zero-order chi connectivity index (χ0) is 9.23. The highest BCUT2D eigenvalue weighted by atomic mass is 16.5. The Hall–Kier alpha value is -0.820. The summed E-state index contributed by atoms with van der Waals surface area (Å²) in [5.41, 5.74) is 1.41. The minimum Gasteiger partial charge on any atom is -0.385 e. The number of rotatable bonds is 2. The second-order valence-corrected chi connectivity index (χ2v) is 2.42. The van der Waals surface area contributed by atoms with Gasteiger partial charge in [0.2, 0.25) is 0 Å². The van der Waals surface area contributed by atoms with E-state index in [0.29, 0.717) is 0 Å². The SMILES string of the molecule is C.CCOC.CCc1ccccc1. The Labute approximate surface area is 82.7 Å². The highest BCUT2D eigenvalue weighted by Crippen LogP contribution is 1.96. The van der Waals surface area contributed by atoms with Crippen LogP contribution in [0.4, 0.5) is 0 Å². The summed E-state index contributed by atoms with van der Waals surface area (Å²) in [6.45, 7) is 4.94. The third-order valence-electron chi connectivity index (χ3n) is 1.54. The molecule has 13 heavy (non-hydrogen) atoms. The van der Waals surface area contributed by atoms with Crippen LogP contribution >= 0.6 is 0 Å². The zero-order valence-electron chi connectivity index (χ0n) is 8.21. The molecule has 0 unspecified atom stereocenters. The first-order valence-electron chi connectivity index (χ1n) is 4.38. The van der Waals surface area contributed by atoms with Crippen LogP contribution in [0.15, 0.2) is 30.3 Å². The first kappa shape index (κ1) is 14.7. The lowest BCUT2D eigenvalue weighted by Gasteiger charge is -1.89. The van der Waals surface area contributed by atoms with Crippen molar-refractivity contribution in [1.29, 1.82) is 0 Å². The summed E-state index contributed by atoms with van der Waals surface area (Å²) in [5.74, 6) is 0. The predicted molar refractivity (Wildman–Crippen MR) is 60.1 cm³/mol. The van der Waals surface area contributed by atoms with Gasteiger partial charge in [0.15, 0.2) is 0 Å². The molecule has 0 saturated carbocycles. The van der Waals surface area contributed by atoms with Crippen LogP contribution in [-0.4, -0.2) is 13.7 Å². The summed E-state index contributed by atoms with van der Waals surface area (Å²) in [6.07, 6.45) is 1.14. The molecule has 0 aliphatic heterocycles. The normalized spacial score (nSPS) is 7.92. The number of benzene rings is 1. The van der Waals surface area contributed by atoms with Crippen LogP contribution in [0.2, 0.25) is 0 Å². The summed E-state index contributed by atoms with van der Waals surface area (Å²) in [7, 11) is 1.68. The molecule has 0 atom stereocenters. The Balaban J connectivity index is 0. The van der Waals surface area contributed by atoms with Crippen LogP contribution in [0.25, 0.3) is 0 Å². The molecule has 0 bridgehead atoms. The molecule has 0 aliphatic rings. The van der Waals surface area contributed by atoms with Gasteiger partial charge in [0, 0.05) is 13.7 Å². The van der Waals surface area contributed by atoms with E-state index >= 15 is 0 Å². The molecule has 0 fully saturated rings. The fourth-order valence-electron chi connectivity index (χ4n) is 0.714. The fourth-order valence-corrected chi connectivity index (χ4v) is 0.714. The van der Waals surface area contributed by atoms with Gasteiger partial charge in [0.05, 0.1) is 0 Å². The van der Waals surface area contributed by atoms with Crippen LogP contribution in [-0.2, 0) is 11.2 Å². The van der Waals surface area contributed by atoms with E-state index in [0.717, 1.165) is 13.0 Å². The Morgan fingerprint density at radius 2 is 1.54 bits per heavy atom. The van der Waals surface area contributed by atoms with Crippen molar-refractivity contribution in [2.75, 3.05) is 13.7 Å². The molecule has 0 heterocycles. The van der Waals surface area contributed by atoms with E-state index < -0.39 is 0 Å². The van der Waals surface area contributed by atoms with Crippen molar-refractivity contribution in [3.05, 3.63) is 35.9 Å². The molecule has 1 nitrogen and oxygen atoms in total. The van der Waals surface area contributed by atoms with E-state index in [4.69, 9.17) is 0 Å². The van der Waals surface area contributed by atoms with E-state index in [1.165, 1.54) is 5.56 Å². The van der Waals surface area contributed by atoms with E-state index in [2.05, 4.69) is 35.9 Å². The molecule has 0 spiro atoms. The second kappa shape index (κ2) is 11.2. The molecular weight excluding hydrogens is 160 g/mol. The van der Waals surface area contributed by atoms with Gasteiger partial charge in [0.25, 0.3) is 0 Å². The van der Waals surface area contributed by atoms with E-state index in [1.54, 1.807) is 7.11 Å². The van der Waals surface area contributed by atoms with Gasteiger partial charge in [0.1, 0.15) is 0 Å². The number of aryl methyl sites for hydroxylation is 1. The lowest BCUT2D eigenvalue weighted by Crippen LogP contribution is -1.73. The average Bonchev–Trinajstić information content (AvgIpc) is 2.19. The lowest BCUT2D eigenvalue weighted by molar-refractivity contribution is 0.215. The van der Waals surface area contributed by atoms with Crippen LogP contribution in [0.3, 0.4) is 0 Å². The van der Waals surface area contributed by atoms with Crippen LogP contribution in [0.5, 0.6) is 0 Å². The summed E-state index contributed by atoms with van der Waals surface area (Å²) in [6, 6.07) is 10.5. The van der Waals surface area contributed by atoms with Crippen LogP contribution < -0.4 is 0 Å². The minimum atomic E-state index is 0. The minimum absolute atomic E-state index is 0. The van der Waals surface area contributed by atoms with Crippen molar-refractivity contribution in [2.24, 2.45) is 0 Å². The number of hydrogen-bond acceptors (Lipinski definition) is 1. The zero-order valence-corrected chi connectivity index (χ0v) is 8.21. The molecular formula is C12H22O. The first-order chi connectivity index (χ1) is 5.85. The Kier molecular flexibility index (Phi) is 12.6. The number of hydrogen-bond donors (Lipinski definition) is 0. The van der Waals surface area contributed by atoms with Gasteiger partial charge in [-0.2, -0.15) is 0 Å². The van der Waals surface area contributed by atoms with Gasteiger partial charge in [-0.25, -0.2) is 0 Å². The Morgan fingerprint density at radius 1 is 1.08 bits per heavy atom. The van der Waals surface area contributed by atoms with E-state index in [-0.39, 0.29) is 7.43 Å². The van der Waals surface area contributed by atoms with Gasteiger partial charge in [-0.1, -0.05) is 44.7 Å². The van der Waals surface area contributed by atoms with Gasteiger partial charge >= 0.3 is 0 Å². The van der Waals surface area contributed by atoms with Crippen molar-refractivity contribution in [3.63, 3.8) is 0 Å². The molecule has 76 valence electrons. The van der Waals surface area contributed by atoms with Gasteiger partial charge < -0.3 is 4.74 Å². The summed E-state index contributed by atoms with van der Waals surface area (Å²) in [4.78, 5) is 0. The molecule has 0 saturated heterocycles. The van der Waals surface area contributed by atoms with Crippen molar-refractivity contribution in [2.45, 2.75) is 27.7 Å². The molecule has 1 heteroatoms. The number of methoxy groups -OCH3 is 1. The lowest BCUT2D eigenvalue weighted by atomic mass is 10.2. The van der Waals surface area contributed by atoms with Crippen LogP contribution in [0.1, 0.15) is 26.8 Å². The summed E-state index contributed by atoms with van der Waals surface area (Å²) in [5, 5.41) is 0. The smallest absolute Gasteiger partial charge is 0.0433 e. The summed E-state index contributed by atoms with van der Waals surface area (Å²) >= 11 is 0. The maximum atomic E-state index is 4.54. The maximum Gasteiger partial charge on any atom is 0.0433 e. The third-order valence-corrected chi connectivity index (χ3v) is 1.54. The topological polar surface area (TPSA) is 9.23 Å². The van der Waals surface area contributed by atoms with Gasteiger partial charge in [-0.3, -0.25) is 0 Å². The molecule has 0 amide bonds. The van der Waals surface area contributed by atoms with Crippen molar-refractivity contribution >= 4 is 0 Å². The second-order valence-electron chi connectivity index (χ2n) is 2.42. The predicted octanol–water partition coefficient (Wildman–Crippen LogP) is 3.54. The molecule has 1 rings (SSSR count). The molecule has 0 aliphatic carbocycles. The average molecular weight is 182 g/mol. The van der Waals surface area contributed by atoms with Crippen molar-refractivity contribution in [3.8, 4) is 0 Å². The first-order valence-corrected chi connectivity index (χ1v) is 4.38. The molecule has 0 aromatic heterocycles. The van der Waals surface area contributed by atoms with Gasteiger partial charge in [-0.15, -0.1) is 0 Å². The molecule has 0 N–H and O–H groups in total. The van der Waals surface area contributed by atoms with E-state index in [1.807, 2.05) is 13.0 Å². The van der Waals surface area contributed by atoms with Crippen molar-refractivity contribution in [1.82, 2.24) is 0 Å². The molecule has 1 aromatic carbocycles. The van der Waals surface area contributed by atoms with E-state index in [9.17, 15) is 0 Å². The third kappa shape index (κ3) is 9.09. The fraction of sp³-hybridized carbons (Fsp3) is 0.500. The monoisotopic (exact) mass is 182 g/mol. The van der Waals surface area contributed by atoms with Gasteiger partial charge in [-0.05, 0) is 18.9 Å². The Bertz CT molecular complexity index is 168. The van der Waals surface area contributed by atoms with Crippen LogP contribution in [0, 0.1) is 0 Å². The number of ether oxygens (including phenoxy) is 1. The standard InChI is InChI=1S/C8H10.C3H8O.CH4/c1-2-8-6-4-3-5-7-8;1-3-4-2;/h3-7H,2H2,1H3;3H2,1-2H3;1H4. The summed E-state index contributed by atoms with van der Waals surface area (Å²) < 4.78 is 4.54. The highest BCUT2D eigenvalue weighted by molar-refractivity contribution is 5.13.